The molecule has 0 amide bonds. The second-order valence-corrected chi connectivity index (χ2v) is 5.03. The fourth-order valence-corrected chi connectivity index (χ4v) is 2.94. The maximum atomic E-state index is 12.1. The van der Waals surface area contributed by atoms with E-state index in [1.165, 1.54) is 5.56 Å². The zero-order chi connectivity index (χ0) is 11.0. The summed E-state index contributed by atoms with van der Waals surface area (Å²) >= 11 is 1.63. The summed E-state index contributed by atoms with van der Waals surface area (Å²) in [6.07, 6.45) is 3.45. The minimum absolute atomic E-state index is 0.101. The number of hydrogen-bond acceptors (Lipinski definition) is 3. The largest absolute Gasteiger partial charge is 0.294 e. The van der Waals surface area contributed by atoms with Crippen LogP contribution in [-0.2, 0) is 12.8 Å². The van der Waals surface area contributed by atoms with Crippen LogP contribution in [0.15, 0.2) is 35.8 Å². The first-order valence-corrected chi connectivity index (χ1v) is 6.23. The molecular formula is C13H11NOS. The third-order valence-electron chi connectivity index (χ3n) is 3.02. The monoisotopic (exact) mass is 229 g/mol. The summed E-state index contributed by atoms with van der Waals surface area (Å²) in [5.41, 5.74) is 2.10. The van der Waals surface area contributed by atoms with Crippen molar-refractivity contribution in [2.75, 3.05) is 0 Å². The van der Waals surface area contributed by atoms with Crippen LogP contribution in [0.5, 0.6) is 0 Å². The van der Waals surface area contributed by atoms with E-state index in [0.717, 1.165) is 23.4 Å². The average molecular weight is 229 g/mol. The maximum absolute atomic E-state index is 12.1. The van der Waals surface area contributed by atoms with Crippen LogP contribution in [0, 0.1) is 5.92 Å². The third kappa shape index (κ3) is 1.57. The van der Waals surface area contributed by atoms with E-state index in [2.05, 4.69) is 11.1 Å². The number of fused-ring (bicyclic) bond motifs is 1. The SMILES string of the molecule is O=C1c2ccccc2CC1Cc1nccs1. The van der Waals surface area contributed by atoms with Crippen molar-refractivity contribution in [3.63, 3.8) is 0 Å². The predicted molar refractivity (Wildman–Crippen MR) is 63.8 cm³/mol. The van der Waals surface area contributed by atoms with E-state index >= 15 is 0 Å². The Morgan fingerprint density at radius 2 is 2.25 bits per heavy atom. The van der Waals surface area contributed by atoms with Gasteiger partial charge in [0, 0.05) is 29.5 Å². The van der Waals surface area contributed by atoms with Crippen molar-refractivity contribution in [1.82, 2.24) is 4.98 Å². The quantitative estimate of drug-likeness (QED) is 0.792. The lowest BCUT2D eigenvalue weighted by atomic mass is 10.0. The van der Waals surface area contributed by atoms with Gasteiger partial charge in [-0.05, 0) is 12.0 Å². The molecule has 1 unspecified atom stereocenters. The van der Waals surface area contributed by atoms with Crippen LogP contribution in [0.4, 0.5) is 0 Å². The lowest BCUT2D eigenvalue weighted by molar-refractivity contribution is 0.0936. The molecule has 1 aliphatic rings. The number of ketones is 1. The summed E-state index contributed by atoms with van der Waals surface area (Å²) in [7, 11) is 0. The molecule has 1 heterocycles. The van der Waals surface area contributed by atoms with Crippen LogP contribution in [0.2, 0.25) is 0 Å². The molecule has 1 atom stereocenters. The molecule has 3 rings (SSSR count). The van der Waals surface area contributed by atoms with Crippen molar-refractivity contribution >= 4 is 17.1 Å². The summed E-state index contributed by atoms with van der Waals surface area (Å²) in [4.78, 5) is 16.3. The van der Waals surface area contributed by atoms with Gasteiger partial charge in [-0.2, -0.15) is 0 Å². The molecule has 0 N–H and O–H groups in total. The number of nitrogens with zero attached hydrogens (tertiary/aromatic N) is 1. The van der Waals surface area contributed by atoms with Gasteiger partial charge in [0.15, 0.2) is 5.78 Å². The first kappa shape index (κ1) is 9.73. The van der Waals surface area contributed by atoms with Gasteiger partial charge in [0.2, 0.25) is 0 Å². The minimum Gasteiger partial charge on any atom is -0.294 e. The van der Waals surface area contributed by atoms with Gasteiger partial charge in [-0.25, -0.2) is 4.98 Å². The highest BCUT2D eigenvalue weighted by Crippen LogP contribution is 2.29. The van der Waals surface area contributed by atoms with E-state index in [1.54, 1.807) is 17.5 Å². The molecule has 3 heteroatoms. The van der Waals surface area contributed by atoms with Gasteiger partial charge in [-0.1, -0.05) is 24.3 Å². The van der Waals surface area contributed by atoms with Gasteiger partial charge in [0.05, 0.1) is 5.01 Å². The Bertz CT molecular complexity index is 516. The first-order valence-electron chi connectivity index (χ1n) is 5.35. The van der Waals surface area contributed by atoms with Gasteiger partial charge >= 0.3 is 0 Å². The summed E-state index contributed by atoms with van der Waals surface area (Å²) in [6.45, 7) is 0. The van der Waals surface area contributed by atoms with Crippen LogP contribution in [0.3, 0.4) is 0 Å². The molecule has 0 fully saturated rings. The topological polar surface area (TPSA) is 30.0 Å². The highest BCUT2D eigenvalue weighted by Gasteiger charge is 2.30. The number of rotatable bonds is 2. The summed E-state index contributed by atoms with van der Waals surface area (Å²) < 4.78 is 0. The third-order valence-corrected chi connectivity index (χ3v) is 3.83. The van der Waals surface area contributed by atoms with Gasteiger partial charge < -0.3 is 0 Å². The maximum Gasteiger partial charge on any atom is 0.166 e. The van der Waals surface area contributed by atoms with Gasteiger partial charge in [0.25, 0.3) is 0 Å². The fraction of sp³-hybridized carbons (Fsp3) is 0.231. The molecule has 0 bridgehead atoms. The van der Waals surface area contributed by atoms with Gasteiger partial charge in [0.1, 0.15) is 0 Å². The second kappa shape index (κ2) is 3.83. The zero-order valence-electron chi connectivity index (χ0n) is 8.72. The van der Waals surface area contributed by atoms with Crippen molar-refractivity contribution in [3.8, 4) is 0 Å². The van der Waals surface area contributed by atoms with E-state index in [0.29, 0.717) is 0 Å². The molecule has 2 aromatic rings. The summed E-state index contributed by atoms with van der Waals surface area (Å²) in [6, 6.07) is 7.91. The van der Waals surface area contributed by atoms with Crippen LogP contribution in [0.25, 0.3) is 0 Å². The van der Waals surface area contributed by atoms with Crippen LogP contribution >= 0.6 is 11.3 Å². The average Bonchev–Trinajstić information content (AvgIpc) is 2.90. The number of benzene rings is 1. The van der Waals surface area contributed by atoms with E-state index < -0.39 is 0 Å². The Kier molecular flexibility index (Phi) is 2.33. The zero-order valence-corrected chi connectivity index (χ0v) is 9.54. The van der Waals surface area contributed by atoms with E-state index in [9.17, 15) is 4.79 Å². The fourth-order valence-electron chi connectivity index (χ4n) is 2.25. The standard InChI is InChI=1S/C13H11NOS/c15-13-10(8-12-14-5-6-16-12)7-9-3-1-2-4-11(9)13/h1-6,10H,7-8H2. The number of carbonyl (C=O) groups excluding carboxylic acids is 1. The molecule has 0 saturated carbocycles. The Hall–Kier alpha value is -1.48. The van der Waals surface area contributed by atoms with Crippen LogP contribution < -0.4 is 0 Å². The summed E-state index contributed by atoms with van der Waals surface area (Å²) in [5.74, 6) is 0.384. The van der Waals surface area contributed by atoms with Crippen molar-refractivity contribution in [2.24, 2.45) is 5.92 Å². The molecule has 1 aromatic carbocycles. The number of hydrogen-bond donors (Lipinski definition) is 0. The highest BCUT2D eigenvalue weighted by atomic mass is 32.1. The Morgan fingerprint density at radius 3 is 3.00 bits per heavy atom. The molecule has 0 aliphatic heterocycles. The lowest BCUT2D eigenvalue weighted by Crippen LogP contribution is -2.11. The Balaban J connectivity index is 1.85. The van der Waals surface area contributed by atoms with Crippen molar-refractivity contribution in [1.29, 1.82) is 0 Å². The van der Waals surface area contributed by atoms with E-state index in [-0.39, 0.29) is 11.7 Å². The van der Waals surface area contributed by atoms with Crippen molar-refractivity contribution in [3.05, 3.63) is 52.0 Å². The normalized spacial score (nSPS) is 18.8. The lowest BCUT2D eigenvalue weighted by Gasteiger charge is -2.03. The van der Waals surface area contributed by atoms with Crippen LogP contribution in [-0.4, -0.2) is 10.8 Å². The molecule has 0 radical (unpaired) electrons. The minimum atomic E-state index is 0.101. The molecular weight excluding hydrogens is 218 g/mol. The van der Waals surface area contributed by atoms with E-state index in [1.807, 2.05) is 23.6 Å². The number of carbonyl (C=O) groups is 1. The van der Waals surface area contributed by atoms with Gasteiger partial charge in [-0.3, -0.25) is 4.79 Å². The van der Waals surface area contributed by atoms with Crippen molar-refractivity contribution < 1.29 is 4.79 Å². The molecule has 1 aliphatic carbocycles. The number of thiazole rings is 1. The van der Waals surface area contributed by atoms with Gasteiger partial charge in [-0.15, -0.1) is 11.3 Å². The molecule has 0 saturated heterocycles. The molecule has 80 valence electrons. The van der Waals surface area contributed by atoms with Crippen LogP contribution in [0.1, 0.15) is 20.9 Å². The Morgan fingerprint density at radius 1 is 1.38 bits per heavy atom. The summed E-state index contributed by atoms with van der Waals surface area (Å²) in [5, 5.41) is 3.02. The Labute approximate surface area is 98.0 Å². The smallest absolute Gasteiger partial charge is 0.166 e. The predicted octanol–water partition coefficient (Wildman–Crippen LogP) is 2.74. The van der Waals surface area contributed by atoms with E-state index in [4.69, 9.17) is 0 Å². The molecule has 0 spiro atoms. The number of aromatic nitrogens is 1. The van der Waals surface area contributed by atoms with Crippen molar-refractivity contribution in [2.45, 2.75) is 12.8 Å². The number of Topliss-reactive ketones (excluding diaryl/α,β-unsaturated/α-hetero) is 1. The molecule has 2 nitrogen and oxygen atoms in total. The molecule has 16 heavy (non-hydrogen) atoms. The highest BCUT2D eigenvalue weighted by molar-refractivity contribution is 7.09. The first-order chi connectivity index (χ1) is 7.84. The second-order valence-electron chi connectivity index (χ2n) is 4.05. The molecule has 1 aromatic heterocycles.